The second kappa shape index (κ2) is 7.29. The summed E-state index contributed by atoms with van der Waals surface area (Å²) in [5.41, 5.74) is 1.32. The fourth-order valence-corrected chi connectivity index (χ4v) is 4.87. The molecule has 1 saturated heterocycles. The van der Waals surface area contributed by atoms with Crippen molar-refractivity contribution in [3.05, 3.63) is 58.6 Å². The van der Waals surface area contributed by atoms with E-state index in [0.717, 1.165) is 5.56 Å². The van der Waals surface area contributed by atoms with Gasteiger partial charge in [0.25, 0.3) is 11.7 Å². The second-order valence-corrected chi connectivity index (χ2v) is 8.92. The van der Waals surface area contributed by atoms with Gasteiger partial charge in [0.2, 0.25) is 10.0 Å². The normalized spacial score (nSPS) is 17.8. The Hall–Kier alpha value is -2.26. The molecule has 0 saturated carbocycles. The summed E-state index contributed by atoms with van der Waals surface area (Å²) in [6, 6.07) is 11.2. The Morgan fingerprint density at radius 1 is 1.00 bits per heavy atom. The molecule has 2 aromatic carbocycles. The van der Waals surface area contributed by atoms with Gasteiger partial charge in [-0.2, -0.15) is 4.31 Å². The average molecular weight is 421 g/mol. The maximum absolute atomic E-state index is 12.8. The molecule has 2 heterocycles. The lowest BCUT2D eigenvalue weighted by Crippen LogP contribution is -2.40. The Morgan fingerprint density at radius 3 is 2.36 bits per heavy atom. The molecule has 0 atom stereocenters. The number of hydrogen-bond donors (Lipinski definition) is 0. The first-order valence-electron chi connectivity index (χ1n) is 8.70. The summed E-state index contributed by atoms with van der Waals surface area (Å²) in [6.07, 6.45) is 0. The molecule has 0 unspecified atom stereocenters. The topological polar surface area (TPSA) is 84.0 Å². The number of halogens is 1. The number of amides is 1. The largest absolute Gasteiger partial charge is 0.379 e. The molecule has 9 heteroatoms. The summed E-state index contributed by atoms with van der Waals surface area (Å²) >= 11 is 5.88. The number of benzene rings is 2. The first-order chi connectivity index (χ1) is 13.4. The SMILES string of the molecule is O=C1C(=O)N(Cc2ccc(Cl)cc2)c2ccc(S(=O)(=O)N3CCOCC3)cc21. The number of carbonyl (C=O) groups is 2. The summed E-state index contributed by atoms with van der Waals surface area (Å²) in [5.74, 6) is -1.38. The van der Waals surface area contributed by atoms with Crippen LogP contribution in [0.2, 0.25) is 5.02 Å². The predicted octanol–water partition coefficient (Wildman–Crippen LogP) is 2.09. The lowest BCUT2D eigenvalue weighted by Gasteiger charge is -2.26. The van der Waals surface area contributed by atoms with Crippen LogP contribution in [0, 0.1) is 0 Å². The number of ketones is 1. The number of sulfonamides is 1. The number of nitrogens with zero attached hydrogens (tertiary/aromatic N) is 2. The summed E-state index contributed by atoms with van der Waals surface area (Å²) in [7, 11) is -3.75. The van der Waals surface area contributed by atoms with Gasteiger partial charge in [-0.25, -0.2) is 8.42 Å². The summed E-state index contributed by atoms with van der Waals surface area (Å²) < 4.78 is 32.2. The van der Waals surface area contributed by atoms with Crippen molar-refractivity contribution in [2.24, 2.45) is 0 Å². The minimum Gasteiger partial charge on any atom is -0.379 e. The molecule has 146 valence electrons. The van der Waals surface area contributed by atoms with E-state index in [1.54, 1.807) is 24.3 Å². The van der Waals surface area contributed by atoms with Gasteiger partial charge < -0.3 is 9.64 Å². The van der Waals surface area contributed by atoms with Crippen molar-refractivity contribution in [1.29, 1.82) is 0 Å². The average Bonchev–Trinajstić information content (AvgIpc) is 2.95. The van der Waals surface area contributed by atoms with Crippen LogP contribution in [0.3, 0.4) is 0 Å². The van der Waals surface area contributed by atoms with Crippen molar-refractivity contribution in [2.75, 3.05) is 31.2 Å². The smallest absolute Gasteiger partial charge is 0.299 e. The third-order valence-corrected chi connectivity index (χ3v) is 6.95. The molecule has 28 heavy (non-hydrogen) atoms. The number of hydrogen-bond acceptors (Lipinski definition) is 5. The van der Waals surface area contributed by atoms with Crippen molar-refractivity contribution in [1.82, 2.24) is 4.31 Å². The van der Waals surface area contributed by atoms with Crippen LogP contribution in [0.1, 0.15) is 15.9 Å². The van der Waals surface area contributed by atoms with Gasteiger partial charge >= 0.3 is 0 Å². The number of morpholine rings is 1. The van der Waals surface area contributed by atoms with Gasteiger partial charge in [-0.05, 0) is 35.9 Å². The van der Waals surface area contributed by atoms with Gasteiger partial charge in [0.15, 0.2) is 0 Å². The van der Waals surface area contributed by atoms with Crippen LogP contribution in [0.25, 0.3) is 0 Å². The van der Waals surface area contributed by atoms with E-state index in [-0.39, 0.29) is 30.1 Å². The fourth-order valence-electron chi connectivity index (χ4n) is 3.31. The van der Waals surface area contributed by atoms with Gasteiger partial charge in [-0.1, -0.05) is 23.7 Å². The van der Waals surface area contributed by atoms with E-state index < -0.39 is 21.7 Å². The Kier molecular flexibility index (Phi) is 4.96. The maximum Gasteiger partial charge on any atom is 0.299 e. The van der Waals surface area contributed by atoms with Crippen molar-refractivity contribution in [2.45, 2.75) is 11.4 Å². The molecule has 0 aromatic heterocycles. The standard InChI is InChI=1S/C19H17ClN2O5S/c20-14-3-1-13(2-4-14)12-22-17-6-5-15(11-16(17)18(23)19(22)24)28(25,26)21-7-9-27-10-8-21/h1-6,11H,7-10,12H2. The number of Topliss-reactive ketones (excluding diaryl/α,β-unsaturated/α-hetero) is 1. The van der Waals surface area contributed by atoms with Crippen LogP contribution in [-0.2, 0) is 26.1 Å². The zero-order chi connectivity index (χ0) is 19.9. The molecule has 2 aliphatic rings. The third kappa shape index (κ3) is 3.33. The van der Waals surface area contributed by atoms with Gasteiger partial charge in [-0.15, -0.1) is 0 Å². The van der Waals surface area contributed by atoms with E-state index in [1.807, 2.05) is 0 Å². The molecule has 0 N–H and O–H groups in total. The van der Waals surface area contributed by atoms with Gasteiger partial charge in [0, 0.05) is 18.1 Å². The van der Waals surface area contributed by atoms with Crippen molar-refractivity contribution >= 4 is 39.0 Å². The molecule has 0 aliphatic carbocycles. The van der Waals surface area contributed by atoms with Crippen LogP contribution in [0.5, 0.6) is 0 Å². The molecule has 4 rings (SSSR count). The molecule has 7 nitrogen and oxygen atoms in total. The lowest BCUT2D eigenvalue weighted by molar-refractivity contribution is -0.114. The first kappa shape index (κ1) is 19.1. The number of rotatable bonds is 4. The van der Waals surface area contributed by atoms with E-state index in [9.17, 15) is 18.0 Å². The minimum absolute atomic E-state index is 0.00245. The molecule has 0 spiro atoms. The fraction of sp³-hybridized carbons (Fsp3) is 0.263. The van der Waals surface area contributed by atoms with Crippen LogP contribution in [0.15, 0.2) is 47.4 Å². The van der Waals surface area contributed by atoms with Gasteiger partial charge in [-0.3, -0.25) is 9.59 Å². The van der Waals surface area contributed by atoms with Crippen LogP contribution < -0.4 is 4.90 Å². The second-order valence-electron chi connectivity index (χ2n) is 6.54. The van der Waals surface area contributed by atoms with Crippen molar-refractivity contribution in [3.8, 4) is 0 Å². The highest BCUT2D eigenvalue weighted by Crippen LogP contribution is 2.33. The summed E-state index contributed by atoms with van der Waals surface area (Å²) in [5, 5.41) is 0.575. The Bertz CT molecular complexity index is 1050. The number of fused-ring (bicyclic) bond motifs is 1. The Labute approximate surface area is 167 Å². The molecule has 1 fully saturated rings. The highest BCUT2D eigenvalue weighted by molar-refractivity contribution is 7.89. The molecule has 0 radical (unpaired) electrons. The predicted molar refractivity (Wildman–Crippen MR) is 103 cm³/mol. The van der Waals surface area contributed by atoms with Gasteiger partial charge in [0.05, 0.1) is 35.9 Å². The monoisotopic (exact) mass is 420 g/mol. The zero-order valence-corrected chi connectivity index (χ0v) is 16.4. The molecular weight excluding hydrogens is 404 g/mol. The van der Waals surface area contributed by atoms with E-state index in [2.05, 4.69) is 0 Å². The van der Waals surface area contributed by atoms with E-state index >= 15 is 0 Å². The van der Waals surface area contributed by atoms with E-state index in [1.165, 1.54) is 27.4 Å². The lowest BCUT2D eigenvalue weighted by atomic mass is 10.1. The summed E-state index contributed by atoms with van der Waals surface area (Å²) in [6.45, 7) is 1.38. The summed E-state index contributed by atoms with van der Waals surface area (Å²) in [4.78, 5) is 26.3. The van der Waals surface area contributed by atoms with Crippen LogP contribution >= 0.6 is 11.6 Å². The molecular formula is C19H17ClN2O5S. The molecule has 2 aromatic rings. The molecule has 0 bridgehead atoms. The van der Waals surface area contributed by atoms with Crippen LogP contribution in [-0.4, -0.2) is 50.7 Å². The zero-order valence-electron chi connectivity index (χ0n) is 14.8. The Morgan fingerprint density at radius 2 is 1.68 bits per heavy atom. The third-order valence-electron chi connectivity index (χ3n) is 4.80. The highest BCUT2D eigenvalue weighted by Gasteiger charge is 2.37. The molecule has 1 amide bonds. The number of anilines is 1. The van der Waals surface area contributed by atoms with E-state index in [0.29, 0.717) is 23.9 Å². The first-order valence-corrected chi connectivity index (χ1v) is 10.5. The van der Waals surface area contributed by atoms with Crippen molar-refractivity contribution < 1.29 is 22.7 Å². The van der Waals surface area contributed by atoms with Crippen LogP contribution in [0.4, 0.5) is 5.69 Å². The quantitative estimate of drug-likeness (QED) is 0.707. The van der Waals surface area contributed by atoms with Crippen molar-refractivity contribution in [3.63, 3.8) is 0 Å². The highest BCUT2D eigenvalue weighted by atomic mass is 35.5. The maximum atomic E-state index is 12.8. The molecule has 2 aliphatic heterocycles. The number of ether oxygens (including phenoxy) is 1. The minimum atomic E-state index is -3.75. The Balaban J connectivity index is 1.66. The van der Waals surface area contributed by atoms with Gasteiger partial charge in [0.1, 0.15) is 0 Å². The van der Waals surface area contributed by atoms with E-state index in [4.69, 9.17) is 16.3 Å². The number of carbonyl (C=O) groups excluding carboxylic acids is 2.